The number of carboxylic acid groups (broad SMARTS) is 1. The molecule has 0 unspecified atom stereocenters. The number of aliphatic carboxylic acids is 1. The lowest BCUT2D eigenvalue weighted by atomic mass is 10.00. The van der Waals surface area contributed by atoms with Crippen LogP contribution in [0.1, 0.15) is 11.1 Å². The number of aromatic nitrogens is 1. The number of carbonyl (C=O) groups excluding carboxylic acids is 1. The molecule has 1 amide bonds. The molecule has 1 aromatic heterocycles. The van der Waals surface area contributed by atoms with E-state index in [4.69, 9.17) is 5.73 Å². The molecule has 0 bridgehead atoms. The number of carboxylic acids is 1. The van der Waals surface area contributed by atoms with Crippen molar-refractivity contribution in [3.8, 4) is 11.1 Å². The zero-order chi connectivity index (χ0) is 22.5. The average Bonchev–Trinajstić information content (AvgIpc) is 3.22. The third-order valence-corrected chi connectivity index (χ3v) is 5.57. The van der Waals surface area contributed by atoms with Crippen LogP contribution in [-0.4, -0.2) is 34.1 Å². The number of nitrogens with two attached hydrogens (primary N) is 1. The molecule has 0 aliphatic rings. The molecule has 2 atom stereocenters. The Morgan fingerprint density at radius 3 is 2.25 bits per heavy atom. The van der Waals surface area contributed by atoms with Gasteiger partial charge in [0.2, 0.25) is 5.91 Å². The van der Waals surface area contributed by atoms with E-state index in [1.807, 2.05) is 85.1 Å². The van der Waals surface area contributed by atoms with Gasteiger partial charge < -0.3 is 21.1 Å². The van der Waals surface area contributed by atoms with E-state index in [9.17, 15) is 14.7 Å². The Morgan fingerprint density at radius 1 is 0.875 bits per heavy atom. The molecule has 32 heavy (non-hydrogen) atoms. The van der Waals surface area contributed by atoms with Crippen molar-refractivity contribution >= 4 is 22.8 Å². The highest BCUT2D eigenvalue weighted by atomic mass is 16.4. The van der Waals surface area contributed by atoms with Crippen LogP contribution < -0.4 is 11.1 Å². The normalized spacial score (nSPS) is 12.9. The van der Waals surface area contributed by atoms with Gasteiger partial charge in [-0.25, -0.2) is 4.79 Å². The van der Waals surface area contributed by atoms with Crippen molar-refractivity contribution in [2.45, 2.75) is 24.9 Å². The van der Waals surface area contributed by atoms with Crippen LogP contribution >= 0.6 is 0 Å². The maximum absolute atomic E-state index is 12.6. The SMILES string of the molecule is N[C@@H](Cc1c[nH]c2ccccc12)C(=O)N[C@@H](Cc1ccc(-c2ccccc2)cc1)C(=O)O. The molecule has 0 saturated heterocycles. The molecule has 162 valence electrons. The minimum atomic E-state index is -1.09. The first kappa shape index (κ1) is 21.3. The van der Waals surface area contributed by atoms with Gasteiger partial charge in [0, 0.05) is 23.5 Å². The van der Waals surface area contributed by atoms with E-state index in [-0.39, 0.29) is 6.42 Å². The summed E-state index contributed by atoms with van der Waals surface area (Å²) >= 11 is 0. The summed E-state index contributed by atoms with van der Waals surface area (Å²) in [7, 11) is 0. The summed E-state index contributed by atoms with van der Waals surface area (Å²) in [4.78, 5) is 27.6. The predicted octanol–water partition coefficient (Wildman–Crippen LogP) is 3.52. The van der Waals surface area contributed by atoms with Crippen LogP contribution in [0.15, 0.2) is 85.1 Å². The summed E-state index contributed by atoms with van der Waals surface area (Å²) in [6.45, 7) is 0. The monoisotopic (exact) mass is 427 g/mol. The molecule has 5 N–H and O–H groups in total. The summed E-state index contributed by atoms with van der Waals surface area (Å²) in [5, 5.41) is 13.2. The Kier molecular flexibility index (Phi) is 6.33. The fourth-order valence-corrected chi connectivity index (χ4v) is 3.81. The van der Waals surface area contributed by atoms with Gasteiger partial charge in [0.05, 0.1) is 6.04 Å². The van der Waals surface area contributed by atoms with E-state index in [2.05, 4.69) is 10.3 Å². The lowest BCUT2D eigenvalue weighted by Crippen LogP contribution is -2.50. The van der Waals surface area contributed by atoms with Crippen molar-refractivity contribution in [3.05, 3.63) is 96.2 Å². The summed E-state index contributed by atoms with van der Waals surface area (Å²) in [5.41, 5.74) is 11.0. The molecule has 1 heterocycles. The van der Waals surface area contributed by atoms with Gasteiger partial charge in [0.1, 0.15) is 6.04 Å². The molecule has 4 aromatic rings. The van der Waals surface area contributed by atoms with E-state index in [1.165, 1.54) is 0 Å². The van der Waals surface area contributed by atoms with Crippen LogP contribution in [0.5, 0.6) is 0 Å². The maximum Gasteiger partial charge on any atom is 0.326 e. The first-order valence-corrected chi connectivity index (χ1v) is 10.5. The van der Waals surface area contributed by atoms with E-state index in [0.717, 1.165) is 33.2 Å². The number of para-hydroxylation sites is 1. The van der Waals surface area contributed by atoms with E-state index in [1.54, 1.807) is 0 Å². The van der Waals surface area contributed by atoms with Gasteiger partial charge in [-0.2, -0.15) is 0 Å². The van der Waals surface area contributed by atoms with E-state index in [0.29, 0.717) is 6.42 Å². The molecular formula is C26H25N3O3. The van der Waals surface area contributed by atoms with Gasteiger partial charge in [-0.05, 0) is 34.7 Å². The van der Waals surface area contributed by atoms with Gasteiger partial charge in [0.15, 0.2) is 0 Å². The lowest BCUT2D eigenvalue weighted by Gasteiger charge is -2.18. The van der Waals surface area contributed by atoms with Gasteiger partial charge >= 0.3 is 5.97 Å². The Balaban J connectivity index is 1.40. The summed E-state index contributed by atoms with van der Waals surface area (Å²) in [6, 6.07) is 23.5. The molecule has 6 heteroatoms. The quantitative estimate of drug-likeness (QED) is 0.345. The first-order chi connectivity index (χ1) is 15.5. The molecule has 0 saturated carbocycles. The summed E-state index contributed by atoms with van der Waals surface area (Å²) in [6.07, 6.45) is 2.32. The summed E-state index contributed by atoms with van der Waals surface area (Å²) < 4.78 is 0. The van der Waals surface area contributed by atoms with Crippen LogP contribution in [0, 0.1) is 0 Å². The van der Waals surface area contributed by atoms with Crippen LogP contribution in [0.3, 0.4) is 0 Å². The number of amides is 1. The molecule has 3 aromatic carbocycles. The number of H-pyrrole nitrogens is 1. The third kappa shape index (κ3) is 4.87. The van der Waals surface area contributed by atoms with Crippen LogP contribution in [0.2, 0.25) is 0 Å². The smallest absolute Gasteiger partial charge is 0.326 e. The van der Waals surface area contributed by atoms with Crippen LogP contribution in [0.25, 0.3) is 22.0 Å². The van der Waals surface area contributed by atoms with Crippen molar-refractivity contribution in [1.29, 1.82) is 0 Å². The lowest BCUT2D eigenvalue weighted by molar-refractivity contribution is -0.141. The third-order valence-electron chi connectivity index (χ3n) is 5.57. The minimum Gasteiger partial charge on any atom is -0.480 e. The Labute approximate surface area is 186 Å². The number of rotatable bonds is 8. The molecule has 4 rings (SSSR count). The summed E-state index contributed by atoms with van der Waals surface area (Å²) in [5.74, 6) is -1.58. The zero-order valence-electron chi connectivity index (χ0n) is 17.5. The molecular weight excluding hydrogens is 402 g/mol. The Hall–Kier alpha value is -3.90. The molecule has 0 aliphatic carbocycles. The first-order valence-electron chi connectivity index (χ1n) is 10.5. The molecule has 0 fully saturated rings. The maximum atomic E-state index is 12.6. The number of nitrogens with one attached hydrogen (secondary N) is 2. The van der Waals surface area contributed by atoms with Crippen LogP contribution in [-0.2, 0) is 22.4 Å². The minimum absolute atomic E-state index is 0.177. The number of aromatic amines is 1. The van der Waals surface area contributed by atoms with Gasteiger partial charge in [0.25, 0.3) is 0 Å². The standard InChI is InChI=1S/C26H25N3O3/c27-22(15-20-16-28-23-9-5-4-8-21(20)23)25(30)29-24(26(31)32)14-17-10-12-19(13-11-17)18-6-2-1-3-7-18/h1-13,16,22,24,28H,14-15,27H2,(H,29,30)(H,31,32)/t22-,24-/m0/s1. The largest absolute Gasteiger partial charge is 0.480 e. The van der Waals surface area contributed by atoms with Crippen molar-refractivity contribution < 1.29 is 14.7 Å². The van der Waals surface area contributed by atoms with Crippen LogP contribution in [0.4, 0.5) is 0 Å². The second-order valence-electron chi connectivity index (χ2n) is 7.84. The van der Waals surface area contributed by atoms with Crippen molar-refractivity contribution in [2.24, 2.45) is 5.73 Å². The number of hydrogen-bond donors (Lipinski definition) is 4. The van der Waals surface area contributed by atoms with Gasteiger partial charge in [-0.3, -0.25) is 4.79 Å². The second kappa shape index (κ2) is 9.49. The molecule has 0 spiro atoms. The van der Waals surface area contributed by atoms with Crippen molar-refractivity contribution in [2.75, 3.05) is 0 Å². The number of fused-ring (bicyclic) bond motifs is 1. The van der Waals surface area contributed by atoms with Crippen molar-refractivity contribution in [3.63, 3.8) is 0 Å². The van der Waals surface area contributed by atoms with Gasteiger partial charge in [-0.15, -0.1) is 0 Å². The Bertz CT molecular complexity index is 1220. The van der Waals surface area contributed by atoms with Gasteiger partial charge in [-0.1, -0.05) is 72.8 Å². The van der Waals surface area contributed by atoms with Crippen molar-refractivity contribution in [1.82, 2.24) is 10.3 Å². The predicted molar refractivity (Wildman–Crippen MR) is 125 cm³/mol. The number of carbonyl (C=O) groups is 2. The van der Waals surface area contributed by atoms with E-state index < -0.39 is 24.0 Å². The molecule has 0 aliphatic heterocycles. The fourth-order valence-electron chi connectivity index (χ4n) is 3.81. The average molecular weight is 428 g/mol. The highest BCUT2D eigenvalue weighted by Gasteiger charge is 2.24. The highest BCUT2D eigenvalue weighted by Crippen LogP contribution is 2.20. The zero-order valence-corrected chi connectivity index (χ0v) is 17.5. The molecule has 6 nitrogen and oxygen atoms in total. The fraction of sp³-hybridized carbons (Fsp3) is 0.154. The topological polar surface area (TPSA) is 108 Å². The molecule has 0 radical (unpaired) electrons. The number of hydrogen-bond acceptors (Lipinski definition) is 3. The Morgan fingerprint density at radius 2 is 1.53 bits per heavy atom. The second-order valence-corrected chi connectivity index (χ2v) is 7.84. The highest BCUT2D eigenvalue weighted by molar-refractivity contribution is 5.88. The van der Waals surface area contributed by atoms with E-state index >= 15 is 0 Å². The number of benzene rings is 3.